The summed E-state index contributed by atoms with van der Waals surface area (Å²) in [5.74, 6) is 0. The quantitative estimate of drug-likeness (QED) is 0.681. The molecule has 0 amide bonds. The minimum atomic E-state index is -3.67. The van der Waals surface area contributed by atoms with Crippen molar-refractivity contribution in [1.29, 1.82) is 0 Å². The van der Waals surface area contributed by atoms with Crippen molar-refractivity contribution in [3.05, 3.63) is 82.9 Å². The summed E-state index contributed by atoms with van der Waals surface area (Å²) in [5.41, 5.74) is 3.52. The van der Waals surface area contributed by atoms with Crippen LogP contribution in [0.1, 0.15) is 11.1 Å². The lowest BCUT2D eigenvalue weighted by Gasteiger charge is -2.27. The number of hydrogen-bond donors (Lipinski definition) is 0. The number of aromatic nitrogens is 1. The molecule has 0 aliphatic carbocycles. The third kappa shape index (κ3) is 3.14. The number of benzene rings is 2. The maximum absolute atomic E-state index is 13.1. The fraction of sp³-hybridized carbons (Fsp3) is 0.150. The highest BCUT2D eigenvalue weighted by molar-refractivity contribution is 7.89. The van der Waals surface area contributed by atoms with Gasteiger partial charge in [0.25, 0.3) is 10.0 Å². The molecule has 0 radical (unpaired) electrons. The third-order valence-electron chi connectivity index (χ3n) is 4.57. The van der Waals surface area contributed by atoms with Gasteiger partial charge in [-0.05, 0) is 35.7 Å². The molecule has 4 rings (SSSR count). The highest BCUT2D eigenvalue weighted by atomic mass is 35.5. The first kappa shape index (κ1) is 17.2. The van der Waals surface area contributed by atoms with Crippen molar-refractivity contribution in [1.82, 2.24) is 9.29 Å². The van der Waals surface area contributed by atoms with Gasteiger partial charge < -0.3 is 0 Å². The number of nitrogens with zero attached hydrogens (tertiary/aromatic N) is 2. The lowest BCUT2D eigenvalue weighted by atomic mass is 10.0. The fourth-order valence-electron chi connectivity index (χ4n) is 3.18. The van der Waals surface area contributed by atoms with E-state index in [0.29, 0.717) is 30.2 Å². The van der Waals surface area contributed by atoms with Gasteiger partial charge in [-0.2, -0.15) is 4.31 Å². The number of pyridine rings is 1. The summed E-state index contributed by atoms with van der Waals surface area (Å²) in [5, 5.41) is 0.593. The number of halogens is 1. The molecular weight excluding hydrogens is 368 g/mol. The summed E-state index contributed by atoms with van der Waals surface area (Å²) >= 11 is 6.23. The predicted octanol–water partition coefficient (Wildman–Crippen LogP) is 4.15. The van der Waals surface area contributed by atoms with Crippen LogP contribution >= 0.6 is 11.6 Å². The SMILES string of the molecule is O=S(=O)(c1cccc(-c2ccccc2Cl)n1)N1CCc2ccccc2C1. The second kappa shape index (κ2) is 6.83. The summed E-state index contributed by atoms with van der Waals surface area (Å²) in [6.07, 6.45) is 0.708. The van der Waals surface area contributed by atoms with Crippen LogP contribution in [0.15, 0.2) is 71.8 Å². The van der Waals surface area contributed by atoms with Crippen molar-refractivity contribution >= 4 is 21.6 Å². The predicted molar refractivity (Wildman–Crippen MR) is 102 cm³/mol. The summed E-state index contributed by atoms with van der Waals surface area (Å²) in [7, 11) is -3.67. The van der Waals surface area contributed by atoms with Gasteiger partial charge in [0, 0.05) is 23.7 Å². The maximum atomic E-state index is 13.1. The maximum Gasteiger partial charge on any atom is 0.260 e. The van der Waals surface area contributed by atoms with Gasteiger partial charge >= 0.3 is 0 Å². The van der Waals surface area contributed by atoms with E-state index in [9.17, 15) is 8.42 Å². The van der Waals surface area contributed by atoms with E-state index in [1.165, 1.54) is 15.9 Å². The zero-order chi connectivity index (χ0) is 18.1. The number of hydrogen-bond acceptors (Lipinski definition) is 3. The molecule has 3 aromatic rings. The van der Waals surface area contributed by atoms with Crippen molar-refractivity contribution < 1.29 is 8.42 Å². The number of sulfonamides is 1. The molecule has 0 fully saturated rings. The molecule has 1 aromatic heterocycles. The van der Waals surface area contributed by atoms with Crippen LogP contribution in [0.2, 0.25) is 5.02 Å². The largest absolute Gasteiger partial charge is 0.260 e. The molecular formula is C20H17ClN2O2S. The Morgan fingerprint density at radius 3 is 2.42 bits per heavy atom. The molecule has 0 atom stereocenters. The summed E-state index contributed by atoms with van der Waals surface area (Å²) in [6.45, 7) is 0.827. The van der Waals surface area contributed by atoms with Crippen LogP contribution in [0.25, 0.3) is 11.3 Å². The van der Waals surface area contributed by atoms with Crippen LogP contribution in [0, 0.1) is 0 Å². The van der Waals surface area contributed by atoms with Crippen molar-refractivity contribution in [3.8, 4) is 11.3 Å². The van der Waals surface area contributed by atoms with Gasteiger partial charge in [0.15, 0.2) is 5.03 Å². The van der Waals surface area contributed by atoms with Crippen LogP contribution in [-0.2, 0) is 23.0 Å². The minimum Gasteiger partial charge on any atom is -0.235 e. The molecule has 2 aromatic carbocycles. The Hall–Kier alpha value is -2.21. The molecule has 132 valence electrons. The molecule has 0 unspecified atom stereocenters. The van der Waals surface area contributed by atoms with E-state index in [1.54, 1.807) is 18.2 Å². The van der Waals surface area contributed by atoms with Crippen LogP contribution in [0.3, 0.4) is 0 Å². The summed E-state index contributed by atoms with van der Waals surface area (Å²) in [4.78, 5) is 4.39. The van der Waals surface area contributed by atoms with Gasteiger partial charge in [0.05, 0.1) is 5.69 Å². The Balaban J connectivity index is 1.69. The Bertz CT molecular complexity index is 1070. The van der Waals surface area contributed by atoms with E-state index in [1.807, 2.05) is 36.4 Å². The van der Waals surface area contributed by atoms with Gasteiger partial charge in [0.2, 0.25) is 0 Å². The van der Waals surface area contributed by atoms with Gasteiger partial charge in [-0.3, -0.25) is 0 Å². The van der Waals surface area contributed by atoms with Gasteiger partial charge in [-0.25, -0.2) is 13.4 Å². The van der Waals surface area contributed by atoms with Crippen molar-refractivity contribution in [3.63, 3.8) is 0 Å². The van der Waals surface area contributed by atoms with Crippen molar-refractivity contribution in [2.45, 2.75) is 18.0 Å². The molecule has 0 saturated carbocycles. The summed E-state index contributed by atoms with van der Waals surface area (Å²) < 4.78 is 27.7. The fourth-order valence-corrected chi connectivity index (χ4v) is 4.79. The normalized spacial score (nSPS) is 14.8. The highest BCUT2D eigenvalue weighted by Gasteiger charge is 2.29. The van der Waals surface area contributed by atoms with Crippen LogP contribution in [0.5, 0.6) is 0 Å². The Kier molecular flexibility index (Phi) is 4.53. The lowest BCUT2D eigenvalue weighted by Crippen LogP contribution is -2.36. The summed E-state index contributed by atoms with van der Waals surface area (Å²) in [6, 6.07) is 20.2. The third-order valence-corrected chi connectivity index (χ3v) is 6.65. The van der Waals surface area contributed by atoms with Crippen LogP contribution < -0.4 is 0 Å². The molecule has 4 nitrogen and oxygen atoms in total. The van der Waals surface area contributed by atoms with E-state index in [-0.39, 0.29) is 5.03 Å². The standard InChI is InChI=1S/C20H17ClN2O2S/c21-18-9-4-3-8-17(18)19-10-5-11-20(22-19)26(24,25)23-13-12-15-6-1-2-7-16(15)14-23/h1-11H,12-14H2. The molecule has 1 aliphatic heterocycles. The first-order valence-corrected chi connectivity index (χ1v) is 10.2. The molecule has 0 N–H and O–H groups in total. The first-order chi connectivity index (χ1) is 12.6. The smallest absolute Gasteiger partial charge is 0.235 e. The van der Waals surface area contributed by atoms with E-state index >= 15 is 0 Å². The molecule has 26 heavy (non-hydrogen) atoms. The highest BCUT2D eigenvalue weighted by Crippen LogP contribution is 2.28. The zero-order valence-electron chi connectivity index (χ0n) is 14.0. The van der Waals surface area contributed by atoms with Gasteiger partial charge in [0.1, 0.15) is 0 Å². The molecule has 0 bridgehead atoms. The van der Waals surface area contributed by atoms with Crippen molar-refractivity contribution in [2.24, 2.45) is 0 Å². The number of rotatable bonds is 3. The Morgan fingerprint density at radius 1 is 0.885 bits per heavy atom. The molecule has 2 heterocycles. The monoisotopic (exact) mass is 384 g/mol. The first-order valence-electron chi connectivity index (χ1n) is 8.34. The van der Waals surface area contributed by atoms with Crippen LogP contribution in [-0.4, -0.2) is 24.3 Å². The van der Waals surface area contributed by atoms with Crippen LogP contribution in [0.4, 0.5) is 0 Å². The molecule has 6 heteroatoms. The zero-order valence-corrected chi connectivity index (χ0v) is 15.5. The second-order valence-electron chi connectivity index (χ2n) is 6.20. The molecule has 0 spiro atoms. The van der Waals surface area contributed by atoms with E-state index in [4.69, 9.17) is 11.6 Å². The Morgan fingerprint density at radius 2 is 1.62 bits per heavy atom. The van der Waals surface area contributed by atoms with Crippen molar-refractivity contribution in [2.75, 3.05) is 6.54 Å². The lowest BCUT2D eigenvalue weighted by molar-refractivity contribution is 0.389. The Labute approximate surface area is 158 Å². The average molecular weight is 385 g/mol. The number of fused-ring (bicyclic) bond motifs is 1. The average Bonchev–Trinajstić information content (AvgIpc) is 2.68. The minimum absolute atomic E-state index is 0.0503. The van der Waals surface area contributed by atoms with Gasteiger partial charge in [-0.15, -0.1) is 0 Å². The van der Waals surface area contributed by atoms with Gasteiger partial charge in [-0.1, -0.05) is 60.1 Å². The molecule has 1 aliphatic rings. The second-order valence-corrected chi connectivity index (χ2v) is 8.49. The topological polar surface area (TPSA) is 50.3 Å². The van der Waals surface area contributed by atoms with E-state index in [2.05, 4.69) is 11.1 Å². The molecule has 0 saturated heterocycles. The van der Waals surface area contributed by atoms with E-state index < -0.39 is 10.0 Å². The van der Waals surface area contributed by atoms with E-state index in [0.717, 1.165) is 11.1 Å².